The molecule has 0 radical (unpaired) electrons. The van der Waals surface area contributed by atoms with Gasteiger partial charge in [-0.3, -0.25) is 18.8 Å². The molecule has 0 amide bonds. The summed E-state index contributed by atoms with van der Waals surface area (Å²) in [5.41, 5.74) is 2.94. The fourth-order valence-electron chi connectivity index (χ4n) is 5.02. The van der Waals surface area contributed by atoms with Crippen LogP contribution in [0.4, 0.5) is 5.95 Å². The van der Waals surface area contributed by atoms with Gasteiger partial charge in [0, 0.05) is 29.5 Å². The molecule has 38 heavy (non-hydrogen) atoms. The van der Waals surface area contributed by atoms with Gasteiger partial charge in [0.05, 0.1) is 27.7 Å². The number of aromatic nitrogens is 5. The summed E-state index contributed by atoms with van der Waals surface area (Å²) in [5, 5.41) is 16.5. The smallest absolute Gasteiger partial charge is 0.222 e. The molecule has 11 heteroatoms. The largest absolute Gasteiger partial charge is 0.370 e. The predicted octanol–water partition coefficient (Wildman–Crippen LogP) is 4.96. The number of aliphatic hydroxyl groups is 1. The molecule has 1 aliphatic carbocycles. The molecule has 0 spiro atoms. The summed E-state index contributed by atoms with van der Waals surface area (Å²) in [6.45, 7) is 3.70. The number of imidazole rings is 1. The molecule has 0 bridgehead atoms. The van der Waals surface area contributed by atoms with Crippen LogP contribution in [-0.4, -0.2) is 39.6 Å². The number of aromatic amines is 2. The molecule has 0 aliphatic heterocycles. The average Bonchev–Trinajstić information content (AvgIpc) is 3.43. The maximum absolute atomic E-state index is 12.6. The second-order valence-electron chi connectivity index (χ2n) is 9.65. The molecule has 1 fully saturated rings. The van der Waals surface area contributed by atoms with Crippen molar-refractivity contribution in [2.24, 2.45) is 0 Å². The molecule has 196 valence electrons. The van der Waals surface area contributed by atoms with E-state index in [0.717, 1.165) is 30.4 Å². The Bertz CT molecular complexity index is 1540. The van der Waals surface area contributed by atoms with Crippen LogP contribution in [0.2, 0.25) is 0 Å². The van der Waals surface area contributed by atoms with Gasteiger partial charge in [-0.25, -0.2) is 9.97 Å². The minimum absolute atomic E-state index is 0.211. The SMILES string of the molecule is Cc1noc(C)c1-c1cc(C(O)(c2ccccn2)c2cccc[nH+]2)c2nc(NS(O)(O)C3CCC3)[nH]c2c1. The number of benzene rings is 1. The van der Waals surface area contributed by atoms with Gasteiger partial charge >= 0.3 is 0 Å². The zero-order valence-corrected chi connectivity index (χ0v) is 21.8. The van der Waals surface area contributed by atoms with E-state index < -0.39 is 16.4 Å². The minimum atomic E-state index is -3.09. The van der Waals surface area contributed by atoms with Crippen molar-refractivity contribution in [3.05, 3.63) is 89.3 Å². The van der Waals surface area contributed by atoms with E-state index in [-0.39, 0.29) is 11.2 Å². The summed E-state index contributed by atoms with van der Waals surface area (Å²) < 4.78 is 29.8. The number of fused-ring (bicyclic) bond motifs is 1. The summed E-state index contributed by atoms with van der Waals surface area (Å²) >= 11 is 0. The predicted molar refractivity (Wildman–Crippen MR) is 145 cm³/mol. The lowest BCUT2D eigenvalue weighted by atomic mass is 9.83. The summed E-state index contributed by atoms with van der Waals surface area (Å²) in [5.74, 6) is 0.849. The van der Waals surface area contributed by atoms with Crippen molar-refractivity contribution in [3.63, 3.8) is 0 Å². The molecule has 4 aromatic heterocycles. The lowest BCUT2D eigenvalue weighted by molar-refractivity contribution is -0.403. The van der Waals surface area contributed by atoms with E-state index in [2.05, 4.69) is 24.8 Å². The number of hydrogen-bond acceptors (Lipinski definition) is 8. The molecule has 1 aliphatic rings. The van der Waals surface area contributed by atoms with Crippen LogP contribution < -0.4 is 9.71 Å². The number of rotatable bonds is 7. The highest BCUT2D eigenvalue weighted by molar-refractivity contribution is 8.25. The molecule has 6 rings (SSSR count). The van der Waals surface area contributed by atoms with Gasteiger partial charge in [-0.2, -0.15) is 0 Å². The second-order valence-corrected chi connectivity index (χ2v) is 11.7. The average molecular weight is 534 g/mol. The highest BCUT2D eigenvalue weighted by Crippen LogP contribution is 2.52. The summed E-state index contributed by atoms with van der Waals surface area (Å²) in [6.07, 6.45) is 5.84. The molecule has 1 unspecified atom stereocenters. The van der Waals surface area contributed by atoms with E-state index in [1.807, 2.05) is 44.2 Å². The van der Waals surface area contributed by atoms with Gasteiger partial charge in [0.2, 0.25) is 17.2 Å². The molecule has 5 aromatic rings. The van der Waals surface area contributed by atoms with E-state index in [1.54, 1.807) is 30.6 Å². The van der Waals surface area contributed by atoms with Gasteiger partial charge in [0.25, 0.3) is 0 Å². The van der Waals surface area contributed by atoms with Crippen molar-refractivity contribution in [2.45, 2.75) is 44.0 Å². The third-order valence-corrected chi connectivity index (χ3v) is 9.09. The Kier molecular flexibility index (Phi) is 5.95. The zero-order valence-electron chi connectivity index (χ0n) is 21.0. The lowest BCUT2D eigenvalue weighted by Crippen LogP contribution is -2.36. The van der Waals surface area contributed by atoms with Crippen molar-refractivity contribution < 1.29 is 23.7 Å². The van der Waals surface area contributed by atoms with Crippen LogP contribution in [0.3, 0.4) is 0 Å². The number of anilines is 1. The monoisotopic (exact) mass is 533 g/mol. The Morgan fingerprint density at radius 1 is 1.13 bits per heavy atom. The number of nitrogens with zero attached hydrogens (tertiary/aromatic N) is 3. The van der Waals surface area contributed by atoms with Crippen molar-refractivity contribution in [1.82, 2.24) is 20.1 Å². The lowest BCUT2D eigenvalue weighted by Gasteiger charge is -2.44. The third-order valence-electron chi connectivity index (χ3n) is 7.20. The van der Waals surface area contributed by atoms with Crippen LogP contribution in [-0.2, 0) is 5.60 Å². The first-order valence-corrected chi connectivity index (χ1v) is 14.0. The molecule has 1 saturated carbocycles. The van der Waals surface area contributed by atoms with Gasteiger partial charge in [-0.15, -0.1) is 10.8 Å². The van der Waals surface area contributed by atoms with Gasteiger partial charge in [-0.05, 0) is 69.0 Å². The molecule has 0 saturated heterocycles. The zero-order chi connectivity index (χ0) is 26.5. The topological polar surface area (TPSA) is 154 Å². The van der Waals surface area contributed by atoms with Gasteiger partial charge < -0.3 is 14.6 Å². The highest BCUT2D eigenvalue weighted by atomic mass is 32.3. The van der Waals surface area contributed by atoms with Gasteiger partial charge in [0.1, 0.15) is 5.76 Å². The molecule has 6 N–H and O–H groups in total. The Morgan fingerprint density at radius 2 is 1.95 bits per heavy atom. The number of aryl methyl sites for hydroxylation is 2. The van der Waals surface area contributed by atoms with E-state index >= 15 is 0 Å². The first-order valence-electron chi connectivity index (χ1n) is 12.4. The minimum Gasteiger partial charge on any atom is -0.370 e. The normalized spacial score (nSPS) is 16.2. The van der Waals surface area contributed by atoms with Crippen molar-refractivity contribution >= 4 is 27.8 Å². The van der Waals surface area contributed by atoms with Crippen LogP contribution in [0.1, 0.15) is 47.7 Å². The van der Waals surface area contributed by atoms with Crippen molar-refractivity contribution in [1.29, 1.82) is 0 Å². The summed E-state index contributed by atoms with van der Waals surface area (Å²) in [4.78, 5) is 15.6. The van der Waals surface area contributed by atoms with E-state index in [0.29, 0.717) is 39.4 Å². The van der Waals surface area contributed by atoms with Crippen LogP contribution in [0.5, 0.6) is 0 Å². The molecule has 1 aromatic carbocycles. The van der Waals surface area contributed by atoms with Crippen molar-refractivity contribution in [3.8, 4) is 11.1 Å². The van der Waals surface area contributed by atoms with Crippen LogP contribution in [0.25, 0.3) is 22.2 Å². The van der Waals surface area contributed by atoms with Crippen LogP contribution in [0.15, 0.2) is 65.4 Å². The quantitative estimate of drug-likeness (QED) is 0.197. The fraction of sp³-hybridized carbons (Fsp3) is 0.259. The number of hydrogen-bond donors (Lipinski definition) is 5. The van der Waals surface area contributed by atoms with Gasteiger partial charge in [0.15, 0.2) is 6.20 Å². The molecular weight excluding hydrogens is 504 g/mol. The Balaban J connectivity index is 1.61. The maximum atomic E-state index is 12.6. The van der Waals surface area contributed by atoms with Crippen LogP contribution in [0, 0.1) is 13.8 Å². The first-order chi connectivity index (χ1) is 18.3. The van der Waals surface area contributed by atoms with E-state index in [1.165, 1.54) is 0 Å². The standard InChI is InChI=1S/C27H28N6O4S/c1-16-24(17(2)37-32-16)18-14-20(27(34,22-10-3-5-12-28-22)23-11-4-6-13-29-23)25-21(15-18)30-26(31-25)33-38(35,36)19-8-7-9-19/h3-6,10-15,19,34-36H,7-9H2,1-2H3,(H2,30,31,33)/p+1. The van der Waals surface area contributed by atoms with E-state index in [9.17, 15) is 14.2 Å². The van der Waals surface area contributed by atoms with Gasteiger partial charge in [-0.1, -0.05) is 11.2 Å². The van der Waals surface area contributed by atoms with Crippen molar-refractivity contribution in [2.75, 3.05) is 4.72 Å². The number of pyridine rings is 2. The fourth-order valence-corrected chi connectivity index (χ4v) is 6.56. The molecule has 4 heterocycles. The molecular formula is C27H29N6O4S+. The highest BCUT2D eigenvalue weighted by Gasteiger charge is 2.43. The Hall–Kier alpha value is -3.77. The summed E-state index contributed by atoms with van der Waals surface area (Å²) in [6, 6.07) is 14.6. The number of nitrogens with one attached hydrogen (secondary N) is 3. The second kappa shape index (κ2) is 9.21. The van der Waals surface area contributed by atoms with E-state index in [4.69, 9.17) is 9.51 Å². The summed E-state index contributed by atoms with van der Waals surface area (Å²) in [7, 11) is -3.09. The maximum Gasteiger partial charge on any atom is 0.222 e. The first kappa shape index (κ1) is 24.6. The molecule has 1 atom stereocenters. The third kappa shape index (κ3) is 4.04. The Labute approximate surface area is 220 Å². The van der Waals surface area contributed by atoms with Crippen LogP contribution >= 0.6 is 10.8 Å². The molecule has 10 nitrogen and oxygen atoms in total. The number of H-pyrrole nitrogens is 2. The Morgan fingerprint density at radius 3 is 2.58 bits per heavy atom.